The van der Waals surface area contributed by atoms with Crippen LogP contribution in [0, 0.1) is 6.92 Å². The molecule has 0 aliphatic carbocycles. The first-order chi connectivity index (χ1) is 8.49. The van der Waals surface area contributed by atoms with Gasteiger partial charge in [0.2, 0.25) is 0 Å². The fraction of sp³-hybridized carbons (Fsp3) is 0.929. The second kappa shape index (κ2) is 10.7. The van der Waals surface area contributed by atoms with Gasteiger partial charge in [0.25, 0.3) is 0 Å². The van der Waals surface area contributed by atoms with E-state index in [2.05, 4.69) is 6.92 Å². The largest absolute Gasteiger partial charge is 0.393 e. The maximum absolute atomic E-state index is 9.68. The van der Waals surface area contributed by atoms with E-state index in [0.717, 1.165) is 0 Å². The molecule has 0 rings (SSSR count). The van der Waals surface area contributed by atoms with Crippen molar-refractivity contribution in [2.24, 2.45) is 0 Å². The summed E-state index contributed by atoms with van der Waals surface area (Å²) in [5, 5.41) is 38.0. The van der Waals surface area contributed by atoms with Crippen molar-refractivity contribution >= 4 is 0 Å². The molecule has 4 unspecified atom stereocenters. The van der Waals surface area contributed by atoms with E-state index in [0.29, 0.717) is 51.4 Å². The molecule has 18 heavy (non-hydrogen) atoms. The summed E-state index contributed by atoms with van der Waals surface area (Å²) in [5.41, 5.74) is 0. The van der Waals surface area contributed by atoms with E-state index < -0.39 is 18.3 Å². The Bertz CT molecular complexity index is 167. The van der Waals surface area contributed by atoms with Crippen LogP contribution < -0.4 is 0 Å². The highest BCUT2D eigenvalue weighted by Gasteiger charge is 2.12. The third kappa shape index (κ3) is 9.83. The molecule has 0 aromatic heterocycles. The predicted molar refractivity (Wildman–Crippen MR) is 72.0 cm³/mol. The van der Waals surface area contributed by atoms with Crippen molar-refractivity contribution in [2.45, 2.75) is 82.7 Å². The number of rotatable bonds is 11. The average molecular weight is 261 g/mol. The van der Waals surface area contributed by atoms with Crippen LogP contribution in [0.5, 0.6) is 0 Å². The molecule has 1 radical (unpaired) electrons. The van der Waals surface area contributed by atoms with Crippen LogP contribution in [0.1, 0.15) is 58.3 Å². The number of aliphatic hydroxyl groups excluding tert-OH is 4. The monoisotopic (exact) mass is 261 g/mol. The van der Waals surface area contributed by atoms with Crippen molar-refractivity contribution < 1.29 is 20.4 Å². The van der Waals surface area contributed by atoms with Crippen LogP contribution >= 0.6 is 0 Å². The zero-order valence-electron chi connectivity index (χ0n) is 11.5. The molecule has 4 nitrogen and oxygen atoms in total. The van der Waals surface area contributed by atoms with Crippen LogP contribution in [0.25, 0.3) is 0 Å². The highest BCUT2D eigenvalue weighted by Crippen LogP contribution is 2.13. The molecule has 4 heteroatoms. The second-order valence-electron chi connectivity index (χ2n) is 5.04. The van der Waals surface area contributed by atoms with Crippen molar-refractivity contribution in [1.29, 1.82) is 0 Å². The van der Waals surface area contributed by atoms with E-state index in [1.54, 1.807) is 0 Å². The summed E-state index contributed by atoms with van der Waals surface area (Å²) >= 11 is 0. The molecule has 0 aliphatic rings. The van der Waals surface area contributed by atoms with Gasteiger partial charge in [0.1, 0.15) is 0 Å². The molecule has 4 N–H and O–H groups in total. The lowest BCUT2D eigenvalue weighted by Gasteiger charge is -2.16. The standard InChI is InChI=1S/C14H29O4/c1-3-11(15)5-7-13(17)9-10-14(18)8-6-12(16)4-2/h11-18H,1,3-10H2,2H3. The molecule has 0 aromatic carbocycles. The molecule has 0 heterocycles. The first kappa shape index (κ1) is 17.8. The van der Waals surface area contributed by atoms with Crippen molar-refractivity contribution in [2.75, 3.05) is 0 Å². The summed E-state index contributed by atoms with van der Waals surface area (Å²) in [5.74, 6) is 0. The molecule has 0 aromatic rings. The summed E-state index contributed by atoms with van der Waals surface area (Å²) in [6, 6.07) is 0. The lowest BCUT2D eigenvalue weighted by Crippen LogP contribution is -2.17. The highest BCUT2D eigenvalue weighted by atomic mass is 16.3. The first-order valence-corrected chi connectivity index (χ1v) is 7.01. The lowest BCUT2D eigenvalue weighted by molar-refractivity contribution is 0.0759. The number of hydrogen-bond acceptors (Lipinski definition) is 4. The maximum Gasteiger partial charge on any atom is 0.0542 e. The fourth-order valence-electron chi connectivity index (χ4n) is 1.79. The minimum atomic E-state index is -0.475. The molecule has 0 spiro atoms. The first-order valence-electron chi connectivity index (χ1n) is 7.01. The van der Waals surface area contributed by atoms with Gasteiger partial charge in [-0.1, -0.05) is 13.8 Å². The highest BCUT2D eigenvalue weighted by molar-refractivity contribution is 4.66. The molecule has 0 aliphatic heterocycles. The molecule has 0 bridgehead atoms. The Balaban J connectivity index is 3.55. The molecular formula is C14H29O4. The molecule has 0 amide bonds. The smallest absolute Gasteiger partial charge is 0.0542 e. The van der Waals surface area contributed by atoms with Crippen LogP contribution in [0.4, 0.5) is 0 Å². The predicted octanol–water partition coefficient (Wildman–Crippen LogP) is 1.40. The summed E-state index contributed by atoms with van der Waals surface area (Å²) < 4.78 is 0. The zero-order valence-corrected chi connectivity index (χ0v) is 11.5. The Morgan fingerprint density at radius 3 is 1.33 bits per heavy atom. The Morgan fingerprint density at radius 2 is 1.00 bits per heavy atom. The fourth-order valence-corrected chi connectivity index (χ4v) is 1.79. The van der Waals surface area contributed by atoms with Gasteiger partial charge in [-0.2, -0.15) is 0 Å². The van der Waals surface area contributed by atoms with Gasteiger partial charge in [-0.25, -0.2) is 0 Å². The van der Waals surface area contributed by atoms with E-state index >= 15 is 0 Å². The van der Waals surface area contributed by atoms with Crippen molar-refractivity contribution in [3.05, 3.63) is 6.92 Å². The van der Waals surface area contributed by atoms with E-state index in [9.17, 15) is 20.4 Å². The van der Waals surface area contributed by atoms with E-state index in [1.165, 1.54) is 0 Å². The average Bonchev–Trinajstić information content (AvgIpc) is 2.39. The van der Waals surface area contributed by atoms with Crippen LogP contribution in [0.2, 0.25) is 0 Å². The quantitative estimate of drug-likeness (QED) is 0.453. The minimum absolute atomic E-state index is 0.336. The molecule has 109 valence electrons. The van der Waals surface area contributed by atoms with Crippen molar-refractivity contribution in [3.8, 4) is 0 Å². The lowest BCUT2D eigenvalue weighted by atomic mass is 10.00. The maximum atomic E-state index is 9.68. The minimum Gasteiger partial charge on any atom is -0.393 e. The Hall–Kier alpha value is -0.160. The van der Waals surface area contributed by atoms with Crippen LogP contribution in [0.15, 0.2) is 0 Å². The normalized spacial score (nSPS) is 18.3. The van der Waals surface area contributed by atoms with Gasteiger partial charge < -0.3 is 20.4 Å². The SMILES string of the molecule is [CH2]CC(O)CCC(O)CCC(O)CCC(O)CC. The Labute approximate surface area is 111 Å². The zero-order chi connectivity index (χ0) is 14.0. The Morgan fingerprint density at radius 1 is 0.667 bits per heavy atom. The third-order valence-corrected chi connectivity index (χ3v) is 3.30. The van der Waals surface area contributed by atoms with E-state index in [1.807, 2.05) is 6.92 Å². The van der Waals surface area contributed by atoms with Gasteiger partial charge in [-0.15, -0.1) is 0 Å². The van der Waals surface area contributed by atoms with Crippen molar-refractivity contribution in [3.63, 3.8) is 0 Å². The summed E-state index contributed by atoms with van der Waals surface area (Å²) in [4.78, 5) is 0. The number of aliphatic hydroxyl groups is 4. The third-order valence-electron chi connectivity index (χ3n) is 3.30. The van der Waals surface area contributed by atoms with E-state index in [-0.39, 0.29) is 6.10 Å². The van der Waals surface area contributed by atoms with Crippen LogP contribution in [-0.4, -0.2) is 44.8 Å². The summed E-state index contributed by atoms with van der Waals surface area (Å²) in [6.45, 7) is 5.50. The molecule has 4 atom stereocenters. The molecule has 0 saturated heterocycles. The molecular weight excluding hydrogens is 232 g/mol. The van der Waals surface area contributed by atoms with Gasteiger partial charge >= 0.3 is 0 Å². The van der Waals surface area contributed by atoms with Gasteiger partial charge in [-0.05, 0) is 51.4 Å². The van der Waals surface area contributed by atoms with Crippen molar-refractivity contribution in [1.82, 2.24) is 0 Å². The molecule has 0 saturated carbocycles. The van der Waals surface area contributed by atoms with Gasteiger partial charge in [0.15, 0.2) is 0 Å². The number of hydrogen-bond donors (Lipinski definition) is 4. The topological polar surface area (TPSA) is 80.9 Å². The summed E-state index contributed by atoms with van der Waals surface area (Å²) in [7, 11) is 0. The van der Waals surface area contributed by atoms with Gasteiger partial charge in [0.05, 0.1) is 24.4 Å². The van der Waals surface area contributed by atoms with E-state index in [4.69, 9.17) is 0 Å². The van der Waals surface area contributed by atoms with Crippen LogP contribution in [-0.2, 0) is 0 Å². The molecule has 0 fully saturated rings. The summed E-state index contributed by atoms with van der Waals surface area (Å²) in [6.07, 6.45) is 2.80. The van der Waals surface area contributed by atoms with Gasteiger partial charge in [0, 0.05) is 0 Å². The second-order valence-corrected chi connectivity index (χ2v) is 5.04. The Kier molecular flexibility index (Phi) is 10.6. The van der Waals surface area contributed by atoms with Gasteiger partial charge in [-0.3, -0.25) is 0 Å². The van der Waals surface area contributed by atoms with Crippen LogP contribution in [0.3, 0.4) is 0 Å².